The van der Waals surface area contributed by atoms with Crippen molar-refractivity contribution in [1.82, 2.24) is 0 Å². The zero-order valence-electron chi connectivity index (χ0n) is 11.7. The molecule has 5 heteroatoms. The SMILES string of the molecule is COC1(CC(N)c2cc3c(cc2Br)OCCO3)CCC1. The lowest BCUT2D eigenvalue weighted by molar-refractivity contribution is -0.0817. The van der Waals surface area contributed by atoms with Gasteiger partial charge in [-0.15, -0.1) is 0 Å². The largest absolute Gasteiger partial charge is 0.486 e. The van der Waals surface area contributed by atoms with E-state index in [1.165, 1.54) is 6.42 Å². The zero-order chi connectivity index (χ0) is 14.2. The fourth-order valence-electron chi connectivity index (χ4n) is 2.94. The van der Waals surface area contributed by atoms with Gasteiger partial charge in [-0.25, -0.2) is 0 Å². The van der Waals surface area contributed by atoms with E-state index in [9.17, 15) is 0 Å². The number of rotatable bonds is 4. The Morgan fingerprint density at radius 1 is 1.30 bits per heavy atom. The third-order valence-corrected chi connectivity index (χ3v) is 5.04. The summed E-state index contributed by atoms with van der Waals surface area (Å²) < 4.78 is 17.8. The van der Waals surface area contributed by atoms with Crippen molar-refractivity contribution in [2.24, 2.45) is 5.73 Å². The van der Waals surface area contributed by atoms with Crippen LogP contribution in [0.4, 0.5) is 0 Å². The molecule has 1 aliphatic carbocycles. The molecule has 1 heterocycles. The van der Waals surface area contributed by atoms with E-state index in [1.807, 2.05) is 12.1 Å². The molecular formula is C15H20BrNO3. The van der Waals surface area contributed by atoms with Gasteiger partial charge >= 0.3 is 0 Å². The predicted molar refractivity (Wildman–Crippen MR) is 80.3 cm³/mol. The molecule has 0 aromatic heterocycles. The summed E-state index contributed by atoms with van der Waals surface area (Å²) in [5.41, 5.74) is 7.41. The van der Waals surface area contributed by atoms with Crippen LogP contribution in [0.2, 0.25) is 0 Å². The van der Waals surface area contributed by atoms with Gasteiger partial charge < -0.3 is 19.9 Å². The van der Waals surface area contributed by atoms with Crippen LogP contribution < -0.4 is 15.2 Å². The molecule has 1 unspecified atom stereocenters. The molecule has 4 nitrogen and oxygen atoms in total. The maximum atomic E-state index is 6.39. The average Bonchev–Trinajstić information content (AvgIpc) is 2.42. The van der Waals surface area contributed by atoms with Crippen LogP contribution in [0.15, 0.2) is 16.6 Å². The fraction of sp³-hybridized carbons (Fsp3) is 0.600. The molecule has 0 bridgehead atoms. The van der Waals surface area contributed by atoms with Crippen LogP contribution in [0.25, 0.3) is 0 Å². The quantitative estimate of drug-likeness (QED) is 0.913. The van der Waals surface area contributed by atoms with E-state index < -0.39 is 0 Å². The molecule has 2 aliphatic rings. The summed E-state index contributed by atoms with van der Waals surface area (Å²) in [6.07, 6.45) is 4.25. The summed E-state index contributed by atoms with van der Waals surface area (Å²) in [5.74, 6) is 1.56. The van der Waals surface area contributed by atoms with Crippen molar-refractivity contribution in [3.05, 3.63) is 22.2 Å². The molecule has 0 amide bonds. The molecule has 1 aliphatic heterocycles. The van der Waals surface area contributed by atoms with E-state index >= 15 is 0 Å². The number of benzene rings is 1. The maximum absolute atomic E-state index is 6.39. The standard InChI is InChI=1S/C15H20BrNO3/c1-18-15(3-2-4-15)9-12(17)10-7-13-14(8-11(10)16)20-6-5-19-13/h7-8,12H,2-6,9,17H2,1H3. The molecule has 1 fully saturated rings. The Kier molecular flexibility index (Phi) is 3.93. The van der Waals surface area contributed by atoms with E-state index in [4.69, 9.17) is 19.9 Å². The first-order valence-corrected chi connectivity index (χ1v) is 7.83. The third-order valence-electron chi connectivity index (χ3n) is 4.35. The van der Waals surface area contributed by atoms with Crippen LogP contribution in [-0.2, 0) is 4.74 Å². The summed E-state index contributed by atoms with van der Waals surface area (Å²) in [6.45, 7) is 1.18. The lowest BCUT2D eigenvalue weighted by Crippen LogP contribution is -2.41. The smallest absolute Gasteiger partial charge is 0.162 e. The number of nitrogens with two attached hydrogens (primary N) is 1. The first-order chi connectivity index (χ1) is 9.63. The molecule has 0 saturated heterocycles. The summed E-state index contributed by atoms with van der Waals surface area (Å²) in [5, 5.41) is 0. The normalized spacial score (nSPS) is 21.1. The van der Waals surface area contributed by atoms with Crippen LogP contribution in [0.3, 0.4) is 0 Å². The van der Waals surface area contributed by atoms with Gasteiger partial charge in [0.05, 0.1) is 5.60 Å². The second-order valence-corrected chi connectivity index (χ2v) is 6.42. The van der Waals surface area contributed by atoms with Gasteiger partial charge in [0.2, 0.25) is 0 Å². The molecule has 1 aromatic carbocycles. The van der Waals surface area contributed by atoms with E-state index in [0.717, 1.165) is 40.8 Å². The van der Waals surface area contributed by atoms with Crippen molar-refractivity contribution < 1.29 is 14.2 Å². The lowest BCUT2D eigenvalue weighted by atomic mass is 9.75. The molecule has 2 N–H and O–H groups in total. The molecular weight excluding hydrogens is 322 g/mol. The van der Waals surface area contributed by atoms with Crippen LogP contribution in [0, 0.1) is 0 Å². The van der Waals surface area contributed by atoms with Gasteiger partial charge in [0, 0.05) is 17.6 Å². The monoisotopic (exact) mass is 341 g/mol. The highest BCUT2D eigenvalue weighted by Crippen LogP contribution is 2.44. The molecule has 110 valence electrons. The minimum atomic E-state index is -0.0690. The number of halogens is 1. The molecule has 0 spiro atoms. The maximum Gasteiger partial charge on any atom is 0.162 e. The summed E-state index contributed by atoms with van der Waals surface area (Å²) in [6, 6.07) is 3.87. The fourth-order valence-corrected chi connectivity index (χ4v) is 3.55. The Morgan fingerprint density at radius 2 is 1.95 bits per heavy atom. The van der Waals surface area contributed by atoms with Crippen molar-refractivity contribution >= 4 is 15.9 Å². The number of methoxy groups -OCH3 is 1. The van der Waals surface area contributed by atoms with Crippen molar-refractivity contribution in [2.45, 2.75) is 37.3 Å². The van der Waals surface area contributed by atoms with Crippen molar-refractivity contribution in [3.8, 4) is 11.5 Å². The van der Waals surface area contributed by atoms with E-state index in [-0.39, 0.29) is 11.6 Å². The van der Waals surface area contributed by atoms with Crippen LogP contribution >= 0.6 is 15.9 Å². The van der Waals surface area contributed by atoms with E-state index in [0.29, 0.717) is 13.2 Å². The van der Waals surface area contributed by atoms with Crippen molar-refractivity contribution in [3.63, 3.8) is 0 Å². The van der Waals surface area contributed by atoms with E-state index in [2.05, 4.69) is 15.9 Å². The number of fused-ring (bicyclic) bond motifs is 1. The molecule has 20 heavy (non-hydrogen) atoms. The van der Waals surface area contributed by atoms with Gasteiger partial charge in [-0.1, -0.05) is 15.9 Å². The molecule has 1 atom stereocenters. The molecule has 0 radical (unpaired) electrons. The number of hydrogen-bond donors (Lipinski definition) is 1. The van der Waals surface area contributed by atoms with Crippen molar-refractivity contribution in [2.75, 3.05) is 20.3 Å². The van der Waals surface area contributed by atoms with Gasteiger partial charge in [-0.05, 0) is 43.4 Å². The lowest BCUT2D eigenvalue weighted by Gasteiger charge is -2.42. The molecule has 1 aromatic rings. The van der Waals surface area contributed by atoms with Gasteiger partial charge in [-0.2, -0.15) is 0 Å². The van der Waals surface area contributed by atoms with Crippen molar-refractivity contribution in [1.29, 1.82) is 0 Å². The average molecular weight is 342 g/mol. The summed E-state index contributed by atoms with van der Waals surface area (Å²) >= 11 is 3.59. The zero-order valence-corrected chi connectivity index (χ0v) is 13.2. The Balaban J connectivity index is 1.82. The minimum absolute atomic E-state index is 0.0356. The number of ether oxygens (including phenoxy) is 3. The minimum Gasteiger partial charge on any atom is -0.486 e. The molecule has 1 saturated carbocycles. The predicted octanol–water partition coefficient (Wildman–Crippen LogP) is 3.18. The summed E-state index contributed by atoms with van der Waals surface area (Å²) in [7, 11) is 1.78. The highest BCUT2D eigenvalue weighted by molar-refractivity contribution is 9.10. The Morgan fingerprint density at radius 3 is 2.50 bits per heavy atom. The van der Waals surface area contributed by atoms with E-state index in [1.54, 1.807) is 7.11 Å². The Bertz CT molecular complexity index is 497. The van der Waals surface area contributed by atoms with Crippen LogP contribution in [-0.4, -0.2) is 25.9 Å². The third kappa shape index (κ3) is 2.54. The highest BCUT2D eigenvalue weighted by atomic mass is 79.9. The van der Waals surface area contributed by atoms with Gasteiger partial charge in [0.25, 0.3) is 0 Å². The van der Waals surface area contributed by atoms with Gasteiger partial charge in [0.1, 0.15) is 13.2 Å². The van der Waals surface area contributed by atoms with Gasteiger partial charge in [-0.3, -0.25) is 0 Å². The van der Waals surface area contributed by atoms with Gasteiger partial charge in [0.15, 0.2) is 11.5 Å². The van der Waals surface area contributed by atoms with Crippen LogP contribution in [0.5, 0.6) is 11.5 Å². The Labute approximate surface area is 127 Å². The first kappa shape index (κ1) is 14.2. The second-order valence-electron chi connectivity index (χ2n) is 5.57. The highest BCUT2D eigenvalue weighted by Gasteiger charge is 2.39. The number of hydrogen-bond acceptors (Lipinski definition) is 4. The molecule has 3 rings (SSSR count). The Hall–Kier alpha value is -0.780. The summed E-state index contributed by atoms with van der Waals surface area (Å²) in [4.78, 5) is 0. The second kappa shape index (κ2) is 5.54. The first-order valence-electron chi connectivity index (χ1n) is 7.03. The topological polar surface area (TPSA) is 53.7 Å². The van der Waals surface area contributed by atoms with Crippen LogP contribution in [0.1, 0.15) is 37.3 Å².